The summed E-state index contributed by atoms with van der Waals surface area (Å²) >= 11 is 0. The lowest BCUT2D eigenvalue weighted by Gasteiger charge is -2.23. The smallest absolute Gasteiger partial charge is 0.313 e. The van der Waals surface area contributed by atoms with E-state index in [1.807, 2.05) is 6.92 Å². The molecule has 94 valence electrons. The number of piperidine rings is 1. The molecule has 2 heterocycles. The lowest BCUT2D eigenvalue weighted by atomic mass is 10.1. The Labute approximate surface area is 101 Å². The highest BCUT2D eigenvalue weighted by atomic mass is 16.5. The Morgan fingerprint density at radius 2 is 2.53 bits per heavy atom. The molecule has 17 heavy (non-hydrogen) atoms. The van der Waals surface area contributed by atoms with Gasteiger partial charge in [-0.05, 0) is 25.8 Å². The summed E-state index contributed by atoms with van der Waals surface area (Å²) in [7, 11) is 0. The number of rotatable bonds is 4. The summed E-state index contributed by atoms with van der Waals surface area (Å²) in [4.78, 5) is 16.0. The second kappa shape index (κ2) is 5.82. The number of aryl methyl sites for hydroxylation is 1. The fraction of sp³-hybridized carbons (Fsp3) is 0.667. The molecule has 2 rings (SSSR count). The summed E-state index contributed by atoms with van der Waals surface area (Å²) < 4.78 is 7.32. The van der Waals surface area contributed by atoms with Crippen LogP contribution in [0.15, 0.2) is 17.2 Å². The van der Waals surface area contributed by atoms with E-state index >= 15 is 0 Å². The predicted octanol–water partition coefficient (Wildman–Crippen LogP) is 0.784. The minimum absolute atomic E-state index is 0.0708. The molecule has 0 spiro atoms. The van der Waals surface area contributed by atoms with Gasteiger partial charge in [-0.2, -0.15) is 0 Å². The molecule has 0 saturated carbocycles. The first-order valence-electron chi connectivity index (χ1n) is 6.24. The molecule has 0 bridgehead atoms. The van der Waals surface area contributed by atoms with Crippen LogP contribution in [-0.4, -0.2) is 28.7 Å². The average molecular weight is 237 g/mol. The summed E-state index contributed by atoms with van der Waals surface area (Å²) in [6.45, 7) is 4.57. The van der Waals surface area contributed by atoms with E-state index in [-0.39, 0.29) is 17.5 Å². The fourth-order valence-corrected chi connectivity index (χ4v) is 2.00. The first kappa shape index (κ1) is 12.1. The molecule has 1 aromatic rings. The van der Waals surface area contributed by atoms with Gasteiger partial charge >= 0.3 is 5.56 Å². The molecular weight excluding hydrogens is 218 g/mol. The predicted molar refractivity (Wildman–Crippen MR) is 65.3 cm³/mol. The number of nitrogens with zero attached hydrogens (tertiary/aromatic N) is 2. The Morgan fingerprint density at radius 3 is 3.24 bits per heavy atom. The minimum Gasteiger partial charge on any atom is -0.469 e. The third kappa shape index (κ3) is 3.06. The monoisotopic (exact) mass is 237 g/mol. The minimum atomic E-state index is -0.125. The first-order chi connectivity index (χ1) is 8.31. The van der Waals surface area contributed by atoms with E-state index < -0.39 is 0 Å². The van der Waals surface area contributed by atoms with Crippen molar-refractivity contribution in [2.24, 2.45) is 0 Å². The normalized spacial score (nSPS) is 20.2. The van der Waals surface area contributed by atoms with Crippen LogP contribution < -0.4 is 15.6 Å². The number of nitrogens with one attached hydrogen (secondary N) is 1. The van der Waals surface area contributed by atoms with Gasteiger partial charge in [-0.15, -0.1) is 0 Å². The van der Waals surface area contributed by atoms with Crippen molar-refractivity contribution in [3.05, 3.63) is 22.7 Å². The van der Waals surface area contributed by atoms with Gasteiger partial charge in [-0.3, -0.25) is 4.79 Å². The molecule has 1 aromatic heterocycles. The van der Waals surface area contributed by atoms with Crippen molar-refractivity contribution in [1.82, 2.24) is 14.9 Å². The number of hydrogen-bond acceptors (Lipinski definition) is 4. The lowest BCUT2D eigenvalue weighted by Crippen LogP contribution is -2.38. The van der Waals surface area contributed by atoms with Gasteiger partial charge in [0.2, 0.25) is 0 Å². The van der Waals surface area contributed by atoms with E-state index in [1.54, 1.807) is 17.0 Å². The summed E-state index contributed by atoms with van der Waals surface area (Å²) in [6.07, 6.45) is 6.40. The Hall–Kier alpha value is -1.36. The molecule has 1 aliphatic heterocycles. The van der Waals surface area contributed by atoms with E-state index in [4.69, 9.17) is 4.74 Å². The van der Waals surface area contributed by atoms with Gasteiger partial charge in [-0.25, -0.2) is 4.98 Å². The molecular formula is C12H19N3O2. The van der Waals surface area contributed by atoms with Gasteiger partial charge in [-0.1, -0.05) is 6.92 Å². The summed E-state index contributed by atoms with van der Waals surface area (Å²) in [5, 5.41) is 3.25. The van der Waals surface area contributed by atoms with E-state index in [9.17, 15) is 4.79 Å². The molecule has 1 fully saturated rings. The van der Waals surface area contributed by atoms with Crippen molar-refractivity contribution < 1.29 is 4.74 Å². The molecule has 1 saturated heterocycles. The van der Waals surface area contributed by atoms with E-state index in [1.165, 1.54) is 0 Å². The van der Waals surface area contributed by atoms with Gasteiger partial charge < -0.3 is 14.6 Å². The molecule has 1 aliphatic rings. The van der Waals surface area contributed by atoms with Crippen LogP contribution in [0.4, 0.5) is 0 Å². The largest absolute Gasteiger partial charge is 0.469 e. The van der Waals surface area contributed by atoms with Crippen molar-refractivity contribution in [1.29, 1.82) is 0 Å². The maximum atomic E-state index is 12.0. The van der Waals surface area contributed by atoms with Crippen molar-refractivity contribution in [2.75, 3.05) is 13.1 Å². The zero-order valence-electron chi connectivity index (χ0n) is 10.2. The summed E-state index contributed by atoms with van der Waals surface area (Å²) in [5.41, 5.74) is -0.125. The molecule has 0 amide bonds. The van der Waals surface area contributed by atoms with Crippen molar-refractivity contribution in [3.8, 4) is 5.88 Å². The molecule has 0 radical (unpaired) electrons. The Bertz CT molecular complexity index is 410. The maximum Gasteiger partial charge on any atom is 0.313 e. The van der Waals surface area contributed by atoms with Crippen LogP contribution in [0.2, 0.25) is 0 Å². The topological polar surface area (TPSA) is 56.1 Å². The van der Waals surface area contributed by atoms with Gasteiger partial charge in [0, 0.05) is 25.5 Å². The highest BCUT2D eigenvalue weighted by molar-refractivity contribution is 5.05. The zero-order chi connectivity index (χ0) is 12.1. The zero-order valence-corrected chi connectivity index (χ0v) is 10.2. The first-order valence-corrected chi connectivity index (χ1v) is 6.24. The SMILES string of the molecule is CCCn1ccnc(OC2CCCNC2)c1=O. The second-order valence-electron chi connectivity index (χ2n) is 4.32. The van der Waals surface area contributed by atoms with Gasteiger partial charge in [0.15, 0.2) is 0 Å². The Morgan fingerprint density at radius 1 is 1.65 bits per heavy atom. The van der Waals surface area contributed by atoms with Gasteiger partial charge in [0.05, 0.1) is 0 Å². The van der Waals surface area contributed by atoms with Gasteiger partial charge in [0.1, 0.15) is 6.10 Å². The molecule has 0 aliphatic carbocycles. The Balaban J connectivity index is 2.09. The van der Waals surface area contributed by atoms with E-state index in [0.29, 0.717) is 6.54 Å². The van der Waals surface area contributed by atoms with Crippen LogP contribution >= 0.6 is 0 Å². The van der Waals surface area contributed by atoms with E-state index in [0.717, 1.165) is 32.4 Å². The molecule has 5 heteroatoms. The number of ether oxygens (including phenoxy) is 1. The highest BCUT2D eigenvalue weighted by Crippen LogP contribution is 2.08. The molecule has 0 aromatic carbocycles. The third-order valence-electron chi connectivity index (χ3n) is 2.88. The van der Waals surface area contributed by atoms with Crippen LogP contribution in [0.1, 0.15) is 26.2 Å². The molecule has 5 nitrogen and oxygen atoms in total. The number of aromatic nitrogens is 2. The average Bonchev–Trinajstić information content (AvgIpc) is 2.36. The highest BCUT2D eigenvalue weighted by Gasteiger charge is 2.17. The lowest BCUT2D eigenvalue weighted by molar-refractivity contribution is 0.157. The fourth-order valence-electron chi connectivity index (χ4n) is 2.00. The van der Waals surface area contributed by atoms with Crippen LogP contribution in [0.25, 0.3) is 0 Å². The summed E-state index contributed by atoms with van der Waals surface area (Å²) in [5.74, 6) is 0.231. The molecule has 1 atom stereocenters. The third-order valence-corrected chi connectivity index (χ3v) is 2.88. The quantitative estimate of drug-likeness (QED) is 0.841. The second-order valence-corrected chi connectivity index (χ2v) is 4.32. The van der Waals surface area contributed by atoms with E-state index in [2.05, 4.69) is 10.3 Å². The number of hydrogen-bond donors (Lipinski definition) is 1. The summed E-state index contributed by atoms with van der Waals surface area (Å²) in [6, 6.07) is 0. The van der Waals surface area contributed by atoms with Gasteiger partial charge in [0.25, 0.3) is 5.88 Å². The van der Waals surface area contributed by atoms with Crippen molar-refractivity contribution in [3.63, 3.8) is 0 Å². The maximum absolute atomic E-state index is 12.0. The Kier molecular flexibility index (Phi) is 4.14. The van der Waals surface area contributed by atoms with Crippen LogP contribution in [0, 0.1) is 0 Å². The standard InChI is InChI=1S/C12H19N3O2/c1-2-7-15-8-6-14-11(12(15)16)17-10-4-3-5-13-9-10/h6,8,10,13H,2-5,7,9H2,1H3. The molecule has 1 N–H and O–H groups in total. The van der Waals surface area contributed by atoms with Crippen LogP contribution in [0.3, 0.4) is 0 Å². The van der Waals surface area contributed by atoms with Crippen molar-refractivity contribution in [2.45, 2.75) is 38.8 Å². The molecule has 1 unspecified atom stereocenters. The van der Waals surface area contributed by atoms with Crippen LogP contribution in [-0.2, 0) is 6.54 Å². The van der Waals surface area contributed by atoms with Crippen LogP contribution in [0.5, 0.6) is 5.88 Å². The van der Waals surface area contributed by atoms with Crippen molar-refractivity contribution >= 4 is 0 Å².